The zero-order chi connectivity index (χ0) is 30.1. The van der Waals surface area contributed by atoms with Crippen molar-refractivity contribution in [1.29, 1.82) is 0 Å². The van der Waals surface area contributed by atoms with Gasteiger partial charge in [0, 0.05) is 36.9 Å². The van der Waals surface area contributed by atoms with Crippen molar-refractivity contribution < 1.29 is 13.7 Å². The maximum Gasteiger partial charge on any atom is 0.276 e. The molecule has 1 fully saturated rings. The predicted octanol–water partition coefficient (Wildman–Crippen LogP) is 3.89. The van der Waals surface area contributed by atoms with E-state index in [-0.39, 0.29) is 34.8 Å². The molecule has 42 heavy (non-hydrogen) atoms. The van der Waals surface area contributed by atoms with Crippen LogP contribution in [0, 0.1) is 11.7 Å². The normalized spacial score (nSPS) is 17.5. The molecule has 0 saturated carbocycles. The van der Waals surface area contributed by atoms with Crippen molar-refractivity contribution in [3.8, 4) is 0 Å². The molecule has 1 amide bonds. The van der Waals surface area contributed by atoms with Crippen LogP contribution in [0.5, 0.6) is 0 Å². The van der Waals surface area contributed by atoms with Gasteiger partial charge in [0.2, 0.25) is 11.7 Å². The number of carbonyl (C=O) groups is 1. The Labute approximate surface area is 245 Å². The maximum atomic E-state index is 14.7. The number of halogens is 1. The number of carbonyl (C=O) groups excluding carboxylic acids is 1. The summed E-state index contributed by atoms with van der Waals surface area (Å²) in [5.74, 6) is 6.04. The quantitative estimate of drug-likeness (QED) is 0.159. The number of aromatic nitrogens is 2. The third kappa shape index (κ3) is 7.36. The summed E-state index contributed by atoms with van der Waals surface area (Å²) in [7, 11) is 1.62. The van der Waals surface area contributed by atoms with Gasteiger partial charge in [-0.1, -0.05) is 59.8 Å². The van der Waals surface area contributed by atoms with Crippen LogP contribution in [0.3, 0.4) is 0 Å². The van der Waals surface area contributed by atoms with E-state index in [1.54, 1.807) is 31.5 Å². The van der Waals surface area contributed by atoms with Crippen molar-refractivity contribution >= 4 is 29.1 Å². The van der Waals surface area contributed by atoms with Crippen molar-refractivity contribution in [2.75, 3.05) is 31.7 Å². The topological polar surface area (TPSA) is 153 Å². The van der Waals surface area contributed by atoms with E-state index >= 15 is 0 Å². The van der Waals surface area contributed by atoms with Crippen molar-refractivity contribution in [3.05, 3.63) is 102 Å². The van der Waals surface area contributed by atoms with Crippen molar-refractivity contribution in [2.45, 2.75) is 25.7 Å². The van der Waals surface area contributed by atoms with E-state index in [0.29, 0.717) is 17.8 Å². The molecule has 0 spiro atoms. The van der Waals surface area contributed by atoms with Gasteiger partial charge in [-0.25, -0.2) is 10.2 Å². The number of hydrazine groups is 1. The fraction of sp³-hybridized carbons (Fsp3) is 0.290. The molecular formula is C31H37FN8O2. The highest BCUT2D eigenvalue weighted by Gasteiger charge is 2.24. The number of hydrogen-bond donors (Lipinski definition) is 3. The highest BCUT2D eigenvalue weighted by molar-refractivity contribution is 5.81. The van der Waals surface area contributed by atoms with Crippen LogP contribution in [0.1, 0.15) is 37.4 Å². The van der Waals surface area contributed by atoms with Gasteiger partial charge in [0.15, 0.2) is 0 Å². The van der Waals surface area contributed by atoms with Crippen molar-refractivity contribution in [1.82, 2.24) is 15.0 Å². The Morgan fingerprint density at radius 3 is 2.69 bits per heavy atom. The van der Waals surface area contributed by atoms with E-state index in [1.807, 2.05) is 12.2 Å². The van der Waals surface area contributed by atoms with Crippen LogP contribution >= 0.6 is 0 Å². The molecule has 0 unspecified atom stereocenters. The van der Waals surface area contributed by atoms with E-state index in [9.17, 15) is 9.18 Å². The largest absolute Gasteiger partial charge is 0.392 e. The van der Waals surface area contributed by atoms with Gasteiger partial charge in [-0.3, -0.25) is 14.8 Å². The summed E-state index contributed by atoms with van der Waals surface area (Å²) < 4.78 is 20.2. The van der Waals surface area contributed by atoms with E-state index in [4.69, 9.17) is 21.8 Å². The van der Waals surface area contributed by atoms with Crippen molar-refractivity contribution in [3.63, 3.8) is 0 Å². The van der Waals surface area contributed by atoms with Crippen LogP contribution in [-0.2, 0) is 4.79 Å². The Kier molecular flexibility index (Phi) is 10.4. The minimum Gasteiger partial charge on any atom is -0.392 e. The number of benzene rings is 1. The average Bonchev–Trinajstić information content (AvgIpc) is 3.37. The zero-order valence-electron chi connectivity index (χ0n) is 23.7. The standard InChI is InChI=1S/C31H37FN8O2/c1-3-22(13-17-36-2)28(40(35)26-10-5-4-9-25(26)32)27(33)31-37-30(38-42-31)24-8-6-7-21(11-12-24)14-18-39-19-15-23(16-20-39)29(34)41/h3-5,7-13,17,23H,1,6,14-16,18-20,33,35H2,2H3,(H2,34,41)/b22-13+,28-27-,36-17-. The molecule has 1 aromatic carbocycles. The van der Waals surface area contributed by atoms with Crippen molar-refractivity contribution in [2.24, 2.45) is 28.2 Å². The Bertz CT molecular complexity index is 1480. The molecule has 6 N–H and O–H groups in total. The summed E-state index contributed by atoms with van der Waals surface area (Å²) in [6.07, 6.45) is 16.1. The maximum absolute atomic E-state index is 14.7. The van der Waals surface area contributed by atoms with Gasteiger partial charge in [0.1, 0.15) is 11.5 Å². The fourth-order valence-corrected chi connectivity index (χ4v) is 4.89. The Morgan fingerprint density at radius 2 is 2.00 bits per heavy atom. The summed E-state index contributed by atoms with van der Waals surface area (Å²) in [4.78, 5) is 22.3. The van der Waals surface area contributed by atoms with Crippen LogP contribution in [-0.4, -0.2) is 53.8 Å². The first-order chi connectivity index (χ1) is 20.3. The SMILES string of the molecule is C=CC(=C\C=N/C)/C(=C(/N)c1nc(C2=CCC=C(CCN3CCC(C(N)=O)CC3)C=C2)no1)N(N)c1ccccc1F. The Balaban J connectivity index is 1.52. The van der Waals surface area contributed by atoms with Gasteiger partial charge in [-0.2, -0.15) is 4.98 Å². The first-order valence-corrected chi connectivity index (χ1v) is 13.8. The monoisotopic (exact) mass is 572 g/mol. The number of piperidine rings is 1. The molecule has 1 aromatic heterocycles. The van der Waals surface area contributed by atoms with E-state index in [1.165, 1.54) is 23.8 Å². The number of aliphatic imine (C=N–C) groups is 1. The molecule has 1 aliphatic carbocycles. The number of likely N-dealkylation sites (tertiary alicyclic amines) is 1. The highest BCUT2D eigenvalue weighted by Crippen LogP contribution is 2.29. The van der Waals surface area contributed by atoms with Crippen LogP contribution in [0.15, 0.2) is 93.7 Å². The van der Waals surface area contributed by atoms with E-state index in [2.05, 4.69) is 38.8 Å². The summed E-state index contributed by atoms with van der Waals surface area (Å²) in [6.45, 7) is 6.52. The summed E-state index contributed by atoms with van der Waals surface area (Å²) in [6, 6.07) is 6.07. The number of primary amides is 1. The van der Waals surface area contributed by atoms with Gasteiger partial charge in [-0.05, 0) is 57.0 Å². The van der Waals surface area contributed by atoms with Crippen LogP contribution in [0.2, 0.25) is 0 Å². The zero-order valence-corrected chi connectivity index (χ0v) is 23.7. The summed E-state index contributed by atoms with van der Waals surface area (Å²) in [5.41, 5.74) is 14.8. The number of nitrogens with two attached hydrogens (primary N) is 3. The number of nitrogens with zero attached hydrogens (tertiary/aromatic N) is 5. The summed E-state index contributed by atoms with van der Waals surface area (Å²) in [5, 5.41) is 5.28. The Morgan fingerprint density at radius 1 is 1.24 bits per heavy atom. The first-order valence-electron chi connectivity index (χ1n) is 13.8. The van der Waals surface area contributed by atoms with Gasteiger partial charge in [-0.15, -0.1) is 0 Å². The molecule has 1 saturated heterocycles. The van der Waals surface area contributed by atoms with Gasteiger partial charge in [0.25, 0.3) is 5.89 Å². The second kappa shape index (κ2) is 14.3. The number of anilines is 1. The lowest BCUT2D eigenvalue weighted by atomic mass is 9.96. The van der Waals surface area contributed by atoms with E-state index < -0.39 is 5.82 Å². The number of rotatable bonds is 11. The molecule has 220 valence electrons. The lowest BCUT2D eigenvalue weighted by Gasteiger charge is -2.30. The lowest BCUT2D eigenvalue weighted by Crippen LogP contribution is -2.38. The number of para-hydroxylation sites is 1. The molecule has 0 radical (unpaired) electrons. The third-order valence-corrected chi connectivity index (χ3v) is 7.32. The molecule has 10 nitrogen and oxygen atoms in total. The Hall–Kier alpha value is -4.61. The third-order valence-electron chi connectivity index (χ3n) is 7.32. The number of allylic oxidation sites excluding steroid dienone is 7. The molecule has 0 bridgehead atoms. The minimum absolute atomic E-state index is 0.0122. The number of amides is 1. The van der Waals surface area contributed by atoms with Gasteiger partial charge < -0.3 is 20.9 Å². The minimum atomic E-state index is -0.531. The number of hydrogen-bond acceptors (Lipinski definition) is 9. The molecule has 2 aliphatic rings. The second-order valence-corrected chi connectivity index (χ2v) is 10.0. The van der Waals surface area contributed by atoms with E-state index in [0.717, 1.165) is 49.5 Å². The first kappa shape index (κ1) is 30.4. The predicted molar refractivity (Wildman–Crippen MR) is 164 cm³/mol. The van der Waals surface area contributed by atoms with Crippen LogP contribution in [0.25, 0.3) is 11.3 Å². The average molecular weight is 573 g/mol. The van der Waals surface area contributed by atoms with Gasteiger partial charge in [0.05, 0.1) is 11.4 Å². The lowest BCUT2D eigenvalue weighted by molar-refractivity contribution is -0.123. The summed E-state index contributed by atoms with van der Waals surface area (Å²) >= 11 is 0. The highest BCUT2D eigenvalue weighted by atomic mass is 19.1. The molecule has 4 rings (SSSR count). The molecule has 2 heterocycles. The smallest absolute Gasteiger partial charge is 0.276 e. The molecule has 11 heteroatoms. The van der Waals surface area contributed by atoms with Crippen LogP contribution < -0.4 is 22.3 Å². The fourth-order valence-electron chi connectivity index (χ4n) is 4.89. The molecular weight excluding hydrogens is 535 g/mol. The molecule has 2 aromatic rings. The second-order valence-electron chi connectivity index (χ2n) is 10.0. The van der Waals surface area contributed by atoms with Crippen LogP contribution in [0.4, 0.5) is 10.1 Å². The molecule has 0 atom stereocenters. The molecule has 1 aliphatic heterocycles. The van der Waals surface area contributed by atoms with Gasteiger partial charge >= 0.3 is 0 Å².